The first-order valence-electron chi connectivity index (χ1n) is 7.29. The number of thioether (sulfide) groups is 2. The van der Waals surface area contributed by atoms with E-state index >= 15 is 0 Å². The van der Waals surface area contributed by atoms with Crippen molar-refractivity contribution in [3.8, 4) is 0 Å². The summed E-state index contributed by atoms with van der Waals surface area (Å²) in [5.74, 6) is 0.408. The lowest BCUT2D eigenvalue weighted by molar-refractivity contribution is -0.154. The van der Waals surface area contributed by atoms with Crippen molar-refractivity contribution in [2.24, 2.45) is 0 Å². The fraction of sp³-hybridized carbons (Fsp3) is 0.500. The lowest BCUT2D eigenvalue weighted by Crippen LogP contribution is -2.46. The first kappa shape index (κ1) is 15.7. The summed E-state index contributed by atoms with van der Waals surface area (Å²) in [5, 5.41) is 0. The lowest BCUT2D eigenvalue weighted by atomic mass is 10.2. The van der Waals surface area contributed by atoms with E-state index in [2.05, 4.69) is 0 Å². The lowest BCUT2D eigenvalue weighted by Gasteiger charge is -2.29. The van der Waals surface area contributed by atoms with E-state index in [-0.39, 0.29) is 23.4 Å². The molecule has 6 heteroatoms. The van der Waals surface area contributed by atoms with E-state index in [0.29, 0.717) is 12.2 Å². The quantitative estimate of drug-likeness (QED) is 0.624. The van der Waals surface area contributed by atoms with E-state index in [4.69, 9.17) is 4.74 Å². The van der Waals surface area contributed by atoms with Gasteiger partial charge in [-0.1, -0.05) is 12.1 Å². The maximum absolute atomic E-state index is 12.3. The molecule has 2 fully saturated rings. The molecule has 2 heterocycles. The molecule has 0 aromatic heterocycles. The summed E-state index contributed by atoms with van der Waals surface area (Å²) < 4.78 is 5.43. The number of carbonyl (C=O) groups is 2. The van der Waals surface area contributed by atoms with Crippen molar-refractivity contribution in [1.29, 1.82) is 0 Å². The van der Waals surface area contributed by atoms with E-state index in [1.807, 2.05) is 37.4 Å². The summed E-state index contributed by atoms with van der Waals surface area (Å²) >= 11 is 3.36. The molecule has 2 aliphatic heterocycles. The molecule has 0 saturated carbocycles. The van der Waals surface area contributed by atoms with Gasteiger partial charge >= 0.3 is 5.97 Å². The van der Waals surface area contributed by atoms with Crippen LogP contribution in [-0.2, 0) is 20.9 Å². The summed E-state index contributed by atoms with van der Waals surface area (Å²) in [6.07, 6.45) is 3.37. The Hall–Kier alpha value is -1.14. The summed E-state index contributed by atoms with van der Waals surface area (Å²) in [6, 6.07) is 7.53. The Morgan fingerprint density at radius 1 is 1.45 bits per heavy atom. The highest BCUT2D eigenvalue weighted by Gasteiger charge is 2.53. The van der Waals surface area contributed by atoms with Crippen molar-refractivity contribution in [2.45, 2.75) is 42.2 Å². The molecule has 2 saturated heterocycles. The molecular weight excluding hydrogens is 318 g/mol. The van der Waals surface area contributed by atoms with Crippen LogP contribution in [0.5, 0.6) is 0 Å². The molecule has 3 rings (SSSR count). The van der Waals surface area contributed by atoms with Gasteiger partial charge in [-0.25, -0.2) is 4.79 Å². The van der Waals surface area contributed by atoms with Crippen molar-refractivity contribution >= 4 is 35.4 Å². The number of hydrogen-bond donors (Lipinski definition) is 0. The zero-order valence-electron chi connectivity index (χ0n) is 12.7. The van der Waals surface area contributed by atoms with Crippen LogP contribution in [0.1, 0.15) is 25.3 Å². The van der Waals surface area contributed by atoms with Crippen LogP contribution < -0.4 is 0 Å². The molecule has 0 bridgehead atoms. The molecule has 1 amide bonds. The first-order valence-corrected chi connectivity index (χ1v) is 9.50. The third kappa shape index (κ3) is 2.86. The number of rotatable bonds is 4. The third-order valence-electron chi connectivity index (χ3n) is 4.26. The Bertz CT molecular complexity index is 590. The second-order valence-electron chi connectivity index (χ2n) is 5.72. The van der Waals surface area contributed by atoms with Crippen molar-refractivity contribution in [3.63, 3.8) is 0 Å². The molecule has 0 spiro atoms. The molecule has 4 nitrogen and oxygen atoms in total. The number of nitrogens with zero attached hydrogens (tertiary/aromatic N) is 1. The van der Waals surface area contributed by atoms with Gasteiger partial charge in [-0.2, -0.15) is 0 Å². The topological polar surface area (TPSA) is 46.6 Å². The van der Waals surface area contributed by atoms with Crippen molar-refractivity contribution in [3.05, 3.63) is 29.8 Å². The molecular formula is C16H19NO3S2. The van der Waals surface area contributed by atoms with Gasteiger partial charge in [0.2, 0.25) is 5.91 Å². The number of carbonyl (C=O) groups excluding carboxylic acids is 2. The average molecular weight is 337 g/mol. The Balaban J connectivity index is 1.61. The molecule has 0 unspecified atom stereocenters. The van der Waals surface area contributed by atoms with Gasteiger partial charge in [0, 0.05) is 17.1 Å². The van der Waals surface area contributed by atoms with Gasteiger partial charge < -0.3 is 9.64 Å². The van der Waals surface area contributed by atoms with Crippen LogP contribution in [0.3, 0.4) is 0 Å². The third-order valence-corrected chi connectivity index (χ3v) is 6.51. The highest BCUT2D eigenvalue weighted by molar-refractivity contribution is 8.01. The van der Waals surface area contributed by atoms with Gasteiger partial charge in [0.05, 0.1) is 4.87 Å². The summed E-state index contributed by atoms with van der Waals surface area (Å²) in [4.78, 5) is 27.1. The Morgan fingerprint density at radius 3 is 2.86 bits per heavy atom. The van der Waals surface area contributed by atoms with Crippen LogP contribution in [0.4, 0.5) is 0 Å². The second-order valence-corrected chi connectivity index (χ2v) is 8.10. The number of fused-ring (bicyclic) bond motifs is 1. The predicted octanol–water partition coefficient (Wildman–Crippen LogP) is 2.91. The fourth-order valence-electron chi connectivity index (χ4n) is 2.97. The van der Waals surface area contributed by atoms with E-state index < -0.39 is 6.04 Å². The maximum atomic E-state index is 12.3. The van der Waals surface area contributed by atoms with Crippen LogP contribution >= 0.6 is 23.5 Å². The molecule has 0 radical (unpaired) electrons. The van der Waals surface area contributed by atoms with Crippen LogP contribution in [0.15, 0.2) is 29.2 Å². The van der Waals surface area contributed by atoms with Crippen LogP contribution in [0.25, 0.3) is 0 Å². The Morgan fingerprint density at radius 2 is 2.18 bits per heavy atom. The molecule has 1 aromatic rings. The van der Waals surface area contributed by atoms with Gasteiger partial charge in [0.15, 0.2) is 0 Å². The monoisotopic (exact) mass is 337 g/mol. The highest BCUT2D eigenvalue weighted by atomic mass is 32.2. The fourth-order valence-corrected chi connectivity index (χ4v) is 4.79. The van der Waals surface area contributed by atoms with Gasteiger partial charge in [0.25, 0.3) is 0 Å². The van der Waals surface area contributed by atoms with Gasteiger partial charge in [-0.05, 0) is 37.3 Å². The van der Waals surface area contributed by atoms with Gasteiger partial charge in [0.1, 0.15) is 12.6 Å². The normalized spacial score (nSPS) is 27.1. The van der Waals surface area contributed by atoms with Crippen molar-refractivity contribution < 1.29 is 14.3 Å². The molecule has 118 valence electrons. The van der Waals surface area contributed by atoms with Crippen molar-refractivity contribution in [1.82, 2.24) is 4.90 Å². The van der Waals surface area contributed by atoms with Crippen LogP contribution in [0.2, 0.25) is 0 Å². The number of hydrogen-bond acceptors (Lipinski definition) is 5. The minimum Gasteiger partial charge on any atom is -0.459 e. The summed E-state index contributed by atoms with van der Waals surface area (Å²) in [5.41, 5.74) is 0.965. The zero-order chi connectivity index (χ0) is 15.7. The Kier molecular flexibility index (Phi) is 4.41. The average Bonchev–Trinajstić information content (AvgIpc) is 3.02. The van der Waals surface area contributed by atoms with Gasteiger partial charge in [-0.3, -0.25) is 4.79 Å². The molecule has 1 aromatic carbocycles. The second kappa shape index (κ2) is 6.16. The maximum Gasteiger partial charge on any atom is 0.330 e. The van der Waals surface area contributed by atoms with Gasteiger partial charge in [-0.15, -0.1) is 23.5 Å². The van der Waals surface area contributed by atoms with E-state index in [0.717, 1.165) is 12.0 Å². The number of amides is 1. The minimum absolute atomic E-state index is 0.0683. The van der Waals surface area contributed by atoms with E-state index in [1.165, 1.54) is 4.90 Å². The molecule has 2 atom stereocenters. The first-order chi connectivity index (χ1) is 10.5. The molecule has 0 N–H and O–H groups in total. The largest absolute Gasteiger partial charge is 0.459 e. The smallest absolute Gasteiger partial charge is 0.330 e. The minimum atomic E-state index is -0.435. The van der Waals surface area contributed by atoms with Crippen LogP contribution in [-0.4, -0.2) is 39.7 Å². The number of ether oxygens (including phenoxy) is 1. The number of benzene rings is 1. The summed E-state index contributed by atoms with van der Waals surface area (Å²) in [6.45, 7) is 2.30. The zero-order valence-corrected chi connectivity index (χ0v) is 14.3. The van der Waals surface area contributed by atoms with E-state index in [9.17, 15) is 9.59 Å². The number of esters is 1. The Labute approximate surface area is 139 Å². The molecule has 0 aliphatic carbocycles. The van der Waals surface area contributed by atoms with Crippen molar-refractivity contribution in [2.75, 3.05) is 12.0 Å². The standard InChI is InChI=1S/C16H19NO3S2/c1-16-8-7-14(18)17(16)13(10-22-16)15(19)20-9-11-3-5-12(21-2)6-4-11/h3-6,13H,7-10H2,1-2H3/t13-,16-/m0/s1. The van der Waals surface area contributed by atoms with Crippen LogP contribution in [0, 0.1) is 0 Å². The highest BCUT2D eigenvalue weighted by Crippen LogP contribution is 2.47. The molecule has 22 heavy (non-hydrogen) atoms. The SMILES string of the molecule is CSc1ccc(COC(=O)[C@@H]2CS[C@@]3(C)CCC(=O)N23)cc1. The van der Waals surface area contributed by atoms with E-state index in [1.54, 1.807) is 28.4 Å². The molecule has 2 aliphatic rings. The summed E-state index contributed by atoms with van der Waals surface area (Å²) in [7, 11) is 0. The predicted molar refractivity (Wildman–Crippen MR) is 88.8 cm³/mol.